The summed E-state index contributed by atoms with van der Waals surface area (Å²) < 4.78 is 27.9. The summed E-state index contributed by atoms with van der Waals surface area (Å²) >= 11 is 5.71. The molecule has 0 radical (unpaired) electrons. The van der Waals surface area contributed by atoms with Gasteiger partial charge in [-0.05, 0) is 36.1 Å². The molecule has 0 bridgehead atoms. The lowest BCUT2D eigenvalue weighted by Crippen LogP contribution is -2.06. The minimum absolute atomic E-state index is 0.291. The number of benzene rings is 2. The molecule has 0 aliphatic carbocycles. The maximum Gasteiger partial charge on any atom is 0.127 e. The number of alkyl halides is 1. The monoisotopic (exact) mass is 280 g/mol. The van der Waals surface area contributed by atoms with Crippen LogP contribution in [0.25, 0.3) is 0 Å². The van der Waals surface area contributed by atoms with Crippen LogP contribution in [-0.4, -0.2) is 5.88 Å². The molecule has 100 valence electrons. The molecule has 0 fully saturated rings. The van der Waals surface area contributed by atoms with Crippen molar-refractivity contribution in [2.24, 2.45) is 0 Å². The van der Waals surface area contributed by atoms with Crippen molar-refractivity contribution >= 4 is 11.6 Å². The van der Waals surface area contributed by atoms with E-state index in [0.717, 1.165) is 6.42 Å². The molecule has 0 nitrogen and oxygen atoms in total. The quantitative estimate of drug-likeness (QED) is 0.667. The van der Waals surface area contributed by atoms with Gasteiger partial charge in [0.05, 0.1) is 0 Å². The van der Waals surface area contributed by atoms with Gasteiger partial charge in [0.2, 0.25) is 0 Å². The molecule has 0 N–H and O–H groups in total. The summed E-state index contributed by atoms with van der Waals surface area (Å²) in [5, 5.41) is 0. The van der Waals surface area contributed by atoms with Crippen LogP contribution in [0.3, 0.4) is 0 Å². The van der Waals surface area contributed by atoms with E-state index in [1.807, 2.05) is 0 Å². The van der Waals surface area contributed by atoms with Gasteiger partial charge in [0, 0.05) is 11.8 Å². The molecular weight excluding hydrogens is 266 g/mol. The summed E-state index contributed by atoms with van der Waals surface area (Å²) in [7, 11) is 0. The first-order valence-corrected chi connectivity index (χ1v) is 6.82. The molecule has 0 aliphatic rings. The van der Waals surface area contributed by atoms with E-state index < -0.39 is 0 Å². The second kappa shape index (κ2) is 6.67. The van der Waals surface area contributed by atoms with Gasteiger partial charge in [0.15, 0.2) is 0 Å². The van der Waals surface area contributed by atoms with E-state index in [0.29, 0.717) is 23.4 Å². The van der Waals surface area contributed by atoms with Crippen molar-refractivity contribution in [3.63, 3.8) is 0 Å². The van der Waals surface area contributed by atoms with Gasteiger partial charge in [-0.25, -0.2) is 8.78 Å². The highest BCUT2D eigenvalue weighted by Gasteiger charge is 2.20. The van der Waals surface area contributed by atoms with Gasteiger partial charge in [-0.2, -0.15) is 0 Å². The maximum atomic E-state index is 13.9. The summed E-state index contributed by atoms with van der Waals surface area (Å²) in [6.07, 6.45) is 1.35. The number of hydrogen-bond donors (Lipinski definition) is 0. The van der Waals surface area contributed by atoms with Gasteiger partial charge in [-0.1, -0.05) is 36.4 Å². The molecule has 0 amide bonds. The van der Waals surface area contributed by atoms with E-state index in [2.05, 4.69) is 0 Å². The molecule has 2 rings (SSSR count). The van der Waals surface area contributed by atoms with Crippen LogP contribution in [0.5, 0.6) is 0 Å². The van der Waals surface area contributed by atoms with Gasteiger partial charge < -0.3 is 0 Å². The molecule has 0 heterocycles. The van der Waals surface area contributed by atoms with Crippen LogP contribution in [0.15, 0.2) is 48.5 Å². The predicted molar refractivity (Wildman–Crippen MR) is 74.6 cm³/mol. The van der Waals surface area contributed by atoms with E-state index in [9.17, 15) is 8.78 Å². The highest BCUT2D eigenvalue weighted by molar-refractivity contribution is 6.17. The zero-order valence-electron chi connectivity index (χ0n) is 10.5. The first-order valence-electron chi connectivity index (χ1n) is 6.29. The Morgan fingerprint density at radius 2 is 1.32 bits per heavy atom. The fraction of sp³-hybridized carbons (Fsp3) is 0.250. The SMILES string of the molecule is Fc1ccccc1C(CCCCl)c1ccccc1F. The average Bonchev–Trinajstić information content (AvgIpc) is 2.42. The number of halogens is 3. The molecule has 3 heteroatoms. The van der Waals surface area contributed by atoms with Gasteiger partial charge >= 0.3 is 0 Å². The van der Waals surface area contributed by atoms with Crippen LogP contribution >= 0.6 is 11.6 Å². The van der Waals surface area contributed by atoms with Crippen molar-refractivity contribution in [1.82, 2.24) is 0 Å². The van der Waals surface area contributed by atoms with Gasteiger partial charge in [0.25, 0.3) is 0 Å². The van der Waals surface area contributed by atoms with Crippen molar-refractivity contribution in [3.05, 3.63) is 71.3 Å². The smallest absolute Gasteiger partial charge is 0.127 e. The lowest BCUT2D eigenvalue weighted by Gasteiger charge is -2.18. The maximum absolute atomic E-state index is 13.9. The second-order valence-corrected chi connectivity index (χ2v) is 4.80. The van der Waals surface area contributed by atoms with Crippen LogP contribution in [0, 0.1) is 11.6 Å². The molecule has 2 aromatic rings. The Bertz CT molecular complexity index is 494. The van der Waals surface area contributed by atoms with E-state index in [1.165, 1.54) is 12.1 Å². The summed E-state index contributed by atoms with van der Waals surface area (Å²) in [5.74, 6) is -0.406. The van der Waals surface area contributed by atoms with E-state index >= 15 is 0 Å². The molecule has 0 aliphatic heterocycles. The van der Waals surface area contributed by atoms with Crippen molar-refractivity contribution in [3.8, 4) is 0 Å². The predicted octanol–water partition coefficient (Wildman–Crippen LogP) is 5.12. The average molecular weight is 281 g/mol. The minimum atomic E-state index is -0.301. The van der Waals surface area contributed by atoms with Gasteiger partial charge in [-0.15, -0.1) is 11.6 Å². The first-order chi connectivity index (χ1) is 9.24. The van der Waals surface area contributed by atoms with E-state index in [-0.39, 0.29) is 17.6 Å². The van der Waals surface area contributed by atoms with Crippen LogP contribution in [0.1, 0.15) is 29.9 Å². The normalized spacial score (nSPS) is 10.9. The molecule has 19 heavy (non-hydrogen) atoms. The fourth-order valence-electron chi connectivity index (χ4n) is 2.28. The minimum Gasteiger partial charge on any atom is -0.207 e. The molecular formula is C16H15ClF2. The zero-order chi connectivity index (χ0) is 13.7. The Labute approximate surface area is 117 Å². The van der Waals surface area contributed by atoms with Crippen LogP contribution < -0.4 is 0 Å². The molecule has 0 aromatic heterocycles. The molecule has 0 spiro atoms. The summed E-state index contributed by atoms with van der Waals surface area (Å²) in [6.45, 7) is 0. The third-order valence-electron chi connectivity index (χ3n) is 3.19. The highest BCUT2D eigenvalue weighted by Crippen LogP contribution is 2.32. The fourth-order valence-corrected chi connectivity index (χ4v) is 2.43. The zero-order valence-corrected chi connectivity index (χ0v) is 11.2. The Morgan fingerprint density at radius 1 is 0.842 bits per heavy atom. The second-order valence-electron chi connectivity index (χ2n) is 4.43. The number of hydrogen-bond acceptors (Lipinski definition) is 0. The topological polar surface area (TPSA) is 0 Å². The molecule has 0 saturated carbocycles. The Morgan fingerprint density at radius 3 is 1.74 bits per heavy atom. The van der Waals surface area contributed by atoms with Crippen LogP contribution in [-0.2, 0) is 0 Å². The third kappa shape index (κ3) is 3.32. The van der Waals surface area contributed by atoms with Crippen molar-refractivity contribution in [2.75, 3.05) is 5.88 Å². The molecule has 0 atom stereocenters. The molecule has 0 saturated heterocycles. The van der Waals surface area contributed by atoms with Crippen molar-refractivity contribution in [1.29, 1.82) is 0 Å². The summed E-state index contributed by atoms with van der Waals surface area (Å²) in [5.41, 5.74) is 1.05. The molecule has 2 aromatic carbocycles. The Balaban J connectivity index is 2.42. The highest BCUT2D eigenvalue weighted by atomic mass is 35.5. The number of rotatable bonds is 5. The van der Waals surface area contributed by atoms with Crippen LogP contribution in [0.2, 0.25) is 0 Å². The van der Waals surface area contributed by atoms with Crippen molar-refractivity contribution < 1.29 is 8.78 Å². The summed E-state index contributed by atoms with van der Waals surface area (Å²) in [6, 6.07) is 13.0. The van der Waals surface area contributed by atoms with E-state index in [4.69, 9.17) is 11.6 Å². The Hall–Kier alpha value is -1.41. The molecule has 0 unspecified atom stereocenters. The standard InChI is InChI=1S/C16H15ClF2/c17-11-5-8-12(13-6-1-3-9-15(13)18)14-7-2-4-10-16(14)19/h1-4,6-7,9-10,12H,5,8,11H2. The van der Waals surface area contributed by atoms with Crippen molar-refractivity contribution in [2.45, 2.75) is 18.8 Å². The van der Waals surface area contributed by atoms with E-state index in [1.54, 1.807) is 36.4 Å². The first kappa shape index (κ1) is 14.0. The lowest BCUT2D eigenvalue weighted by molar-refractivity contribution is 0.555. The van der Waals surface area contributed by atoms with Crippen LogP contribution in [0.4, 0.5) is 8.78 Å². The largest absolute Gasteiger partial charge is 0.207 e. The summed E-state index contributed by atoms with van der Waals surface area (Å²) in [4.78, 5) is 0. The lowest BCUT2D eigenvalue weighted by atomic mass is 9.87. The Kier molecular flexibility index (Phi) is 4.92. The third-order valence-corrected chi connectivity index (χ3v) is 3.45. The van der Waals surface area contributed by atoms with Gasteiger partial charge in [0.1, 0.15) is 11.6 Å². The van der Waals surface area contributed by atoms with Gasteiger partial charge in [-0.3, -0.25) is 0 Å².